The predicted molar refractivity (Wildman–Crippen MR) is 175 cm³/mol. The molecule has 0 aromatic heterocycles. The van der Waals surface area contributed by atoms with Crippen LogP contribution in [0.15, 0.2) is 114 Å². The summed E-state index contributed by atoms with van der Waals surface area (Å²) in [5.41, 5.74) is 2.28. The number of imide groups is 1. The number of anilines is 1. The molecule has 0 aliphatic carbocycles. The molecule has 0 radical (unpaired) electrons. The van der Waals surface area contributed by atoms with Gasteiger partial charge < -0.3 is 15.7 Å². The number of sulfonamides is 1. The molecule has 0 saturated heterocycles. The van der Waals surface area contributed by atoms with Gasteiger partial charge in [-0.25, -0.2) is 8.42 Å². The van der Waals surface area contributed by atoms with E-state index in [0.29, 0.717) is 11.3 Å². The fourth-order valence-electron chi connectivity index (χ4n) is 5.36. The number of nitrogens with zero attached hydrogens (tertiary/aromatic N) is 2. The Bertz CT molecular complexity index is 1830. The van der Waals surface area contributed by atoms with Gasteiger partial charge in [-0.3, -0.25) is 24.1 Å². The molecule has 242 valence electrons. The number of hydrogen-bond donors (Lipinski definition) is 3. The second-order valence-electron chi connectivity index (χ2n) is 11.2. The van der Waals surface area contributed by atoms with Gasteiger partial charge in [0.1, 0.15) is 6.54 Å². The number of rotatable bonds is 13. The molecule has 4 aromatic carbocycles. The van der Waals surface area contributed by atoms with Gasteiger partial charge in [0.05, 0.1) is 28.2 Å². The molecule has 4 amide bonds. The third kappa shape index (κ3) is 7.98. The first-order valence-electron chi connectivity index (χ1n) is 14.9. The number of nitrogens with one attached hydrogen (secondary N) is 2. The van der Waals surface area contributed by atoms with Crippen LogP contribution in [0.25, 0.3) is 0 Å². The van der Waals surface area contributed by atoms with Crippen LogP contribution in [0.4, 0.5) is 5.69 Å². The summed E-state index contributed by atoms with van der Waals surface area (Å²) in [5.74, 6) is -2.18. The average Bonchev–Trinajstić information content (AvgIpc) is 3.29. The van der Waals surface area contributed by atoms with E-state index in [-0.39, 0.29) is 34.9 Å². The molecule has 47 heavy (non-hydrogen) atoms. The van der Waals surface area contributed by atoms with Gasteiger partial charge in [-0.05, 0) is 53.9 Å². The minimum absolute atomic E-state index is 0.0518. The van der Waals surface area contributed by atoms with Gasteiger partial charge in [0.25, 0.3) is 11.8 Å². The van der Waals surface area contributed by atoms with E-state index in [9.17, 15) is 32.7 Å². The SMILES string of the molecule is CC(=O)Nc1ccc(S(=O)(=O)N(Cc2ccccc2)C[C@@H](O)[C@H](Cc2ccccc2)NC(=O)CN2C(=O)c3ccccc3C2=O)cc1. The quantitative estimate of drug-likeness (QED) is 0.187. The highest BCUT2D eigenvalue weighted by Gasteiger charge is 2.37. The monoisotopic (exact) mass is 654 g/mol. The topological polar surface area (TPSA) is 153 Å². The van der Waals surface area contributed by atoms with Crippen LogP contribution < -0.4 is 10.6 Å². The minimum Gasteiger partial charge on any atom is -0.390 e. The molecule has 1 heterocycles. The number of hydrogen-bond acceptors (Lipinski definition) is 7. The largest absolute Gasteiger partial charge is 0.390 e. The highest BCUT2D eigenvalue weighted by molar-refractivity contribution is 7.89. The van der Waals surface area contributed by atoms with E-state index in [1.807, 2.05) is 18.2 Å². The molecular formula is C35H34N4O7S. The summed E-state index contributed by atoms with van der Waals surface area (Å²) in [5, 5.41) is 17.0. The number of aliphatic hydroxyl groups excluding tert-OH is 1. The highest BCUT2D eigenvalue weighted by atomic mass is 32.2. The number of carbonyl (C=O) groups is 4. The molecule has 0 unspecified atom stereocenters. The smallest absolute Gasteiger partial charge is 0.262 e. The van der Waals surface area contributed by atoms with Crippen LogP contribution in [-0.4, -0.2) is 71.6 Å². The lowest BCUT2D eigenvalue weighted by Gasteiger charge is -2.30. The molecule has 4 aromatic rings. The number of amides is 4. The van der Waals surface area contributed by atoms with Gasteiger partial charge in [-0.15, -0.1) is 0 Å². The van der Waals surface area contributed by atoms with Crippen LogP contribution >= 0.6 is 0 Å². The summed E-state index contributed by atoms with van der Waals surface area (Å²) in [6.07, 6.45) is -1.26. The molecule has 0 saturated carbocycles. The zero-order valence-corrected chi connectivity index (χ0v) is 26.4. The van der Waals surface area contributed by atoms with Crippen LogP contribution in [0.1, 0.15) is 38.8 Å². The maximum atomic E-state index is 14.0. The van der Waals surface area contributed by atoms with Gasteiger partial charge in [0.15, 0.2) is 0 Å². The normalized spacial score (nSPS) is 14.1. The zero-order chi connectivity index (χ0) is 33.6. The Balaban J connectivity index is 1.39. The van der Waals surface area contributed by atoms with E-state index in [0.717, 1.165) is 14.8 Å². The summed E-state index contributed by atoms with van der Waals surface area (Å²) in [6.45, 7) is 0.305. The molecule has 0 spiro atoms. The Morgan fingerprint density at radius 2 is 1.32 bits per heavy atom. The Morgan fingerprint density at radius 3 is 1.87 bits per heavy atom. The van der Waals surface area contributed by atoms with Crippen LogP contribution in [-0.2, 0) is 32.6 Å². The van der Waals surface area contributed by atoms with Crippen LogP contribution in [0, 0.1) is 0 Å². The molecule has 0 bridgehead atoms. The van der Waals surface area contributed by atoms with Crippen molar-refractivity contribution < 1.29 is 32.7 Å². The van der Waals surface area contributed by atoms with Crippen molar-refractivity contribution in [3.05, 3.63) is 131 Å². The molecule has 12 heteroatoms. The Kier molecular flexibility index (Phi) is 10.2. The molecule has 5 rings (SSSR count). The number of fused-ring (bicyclic) bond motifs is 1. The van der Waals surface area contributed by atoms with Gasteiger partial charge >= 0.3 is 0 Å². The lowest BCUT2D eigenvalue weighted by atomic mass is 10.0. The maximum absolute atomic E-state index is 14.0. The van der Waals surface area contributed by atoms with Gasteiger partial charge in [0, 0.05) is 25.7 Å². The fraction of sp³-hybridized carbons (Fsp3) is 0.200. The van der Waals surface area contributed by atoms with Crippen LogP contribution in [0.3, 0.4) is 0 Å². The van der Waals surface area contributed by atoms with E-state index < -0.39 is 53.0 Å². The first-order valence-corrected chi connectivity index (χ1v) is 16.3. The maximum Gasteiger partial charge on any atom is 0.262 e. The van der Waals surface area contributed by atoms with Crippen LogP contribution in [0.2, 0.25) is 0 Å². The van der Waals surface area contributed by atoms with Crippen molar-refractivity contribution in [2.24, 2.45) is 0 Å². The zero-order valence-electron chi connectivity index (χ0n) is 25.6. The summed E-state index contributed by atoms with van der Waals surface area (Å²) in [6, 6.07) is 28.9. The number of aliphatic hydroxyl groups is 1. The summed E-state index contributed by atoms with van der Waals surface area (Å²) >= 11 is 0. The molecule has 0 fully saturated rings. The third-order valence-corrected chi connectivity index (χ3v) is 9.52. The summed E-state index contributed by atoms with van der Waals surface area (Å²) in [4.78, 5) is 51.3. The van der Waals surface area contributed by atoms with E-state index in [2.05, 4.69) is 10.6 Å². The summed E-state index contributed by atoms with van der Waals surface area (Å²) in [7, 11) is -4.19. The Hall–Kier alpha value is -5.17. The van der Waals surface area contributed by atoms with Crippen molar-refractivity contribution in [2.75, 3.05) is 18.4 Å². The first kappa shape index (κ1) is 33.2. The van der Waals surface area contributed by atoms with Gasteiger partial charge in [0.2, 0.25) is 21.8 Å². The van der Waals surface area contributed by atoms with Crippen molar-refractivity contribution in [2.45, 2.75) is 36.9 Å². The molecule has 11 nitrogen and oxygen atoms in total. The average molecular weight is 655 g/mol. The molecule has 1 aliphatic heterocycles. The van der Waals surface area contributed by atoms with Crippen molar-refractivity contribution in [1.82, 2.24) is 14.5 Å². The molecular weight excluding hydrogens is 620 g/mol. The fourth-order valence-corrected chi connectivity index (χ4v) is 6.81. The van der Waals surface area contributed by atoms with Crippen molar-refractivity contribution >= 4 is 39.3 Å². The first-order chi connectivity index (χ1) is 22.5. The Morgan fingerprint density at radius 1 is 0.787 bits per heavy atom. The number of benzene rings is 4. The highest BCUT2D eigenvalue weighted by Crippen LogP contribution is 2.24. The van der Waals surface area contributed by atoms with E-state index in [1.165, 1.54) is 43.3 Å². The third-order valence-electron chi connectivity index (χ3n) is 7.69. The lowest BCUT2D eigenvalue weighted by Crippen LogP contribution is -2.52. The van der Waals surface area contributed by atoms with Crippen LogP contribution in [0.5, 0.6) is 0 Å². The predicted octanol–water partition coefficient (Wildman–Crippen LogP) is 3.22. The van der Waals surface area contributed by atoms with E-state index in [4.69, 9.17) is 0 Å². The van der Waals surface area contributed by atoms with Crippen molar-refractivity contribution in [3.63, 3.8) is 0 Å². The van der Waals surface area contributed by atoms with E-state index >= 15 is 0 Å². The second-order valence-corrected chi connectivity index (χ2v) is 13.1. The standard InChI is InChI=1S/C35H34N4O7S/c1-24(40)36-27-16-18-28(19-17-27)47(45,46)38(21-26-12-6-3-7-13-26)22-32(41)31(20-25-10-4-2-5-11-25)37-33(42)23-39-34(43)29-14-8-9-15-30(29)35(39)44/h2-19,31-32,41H,20-23H2,1H3,(H,36,40)(H,37,42)/t31-,32+/m0/s1. The summed E-state index contributed by atoms with van der Waals surface area (Å²) < 4.78 is 29.1. The second kappa shape index (κ2) is 14.5. The number of carbonyl (C=O) groups excluding carboxylic acids is 4. The molecule has 2 atom stereocenters. The Labute approximate surface area is 272 Å². The molecule has 3 N–H and O–H groups in total. The minimum atomic E-state index is -4.19. The van der Waals surface area contributed by atoms with Gasteiger partial charge in [-0.2, -0.15) is 4.31 Å². The molecule has 1 aliphatic rings. The van der Waals surface area contributed by atoms with Gasteiger partial charge in [-0.1, -0.05) is 72.8 Å². The lowest BCUT2D eigenvalue weighted by molar-refractivity contribution is -0.123. The van der Waals surface area contributed by atoms with Crippen molar-refractivity contribution in [3.8, 4) is 0 Å². The van der Waals surface area contributed by atoms with Crippen molar-refractivity contribution in [1.29, 1.82) is 0 Å². The van der Waals surface area contributed by atoms with E-state index in [1.54, 1.807) is 54.6 Å².